The van der Waals surface area contributed by atoms with Crippen molar-refractivity contribution < 1.29 is 57.4 Å². The van der Waals surface area contributed by atoms with Crippen LogP contribution in [0.4, 0.5) is 9.59 Å². The van der Waals surface area contributed by atoms with Crippen LogP contribution >= 0.6 is 0 Å². The number of hydrogen-bond acceptors (Lipinski definition) is 12. The zero-order chi connectivity index (χ0) is 34.9. The third kappa shape index (κ3) is 9.11. The minimum atomic E-state index is -0.602. The number of alkyl carbamates (subject to hydrolysis) is 2. The molecule has 2 spiro atoms. The third-order valence-electron chi connectivity index (χ3n) is 9.43. The molecule has 0 radical (unpaired) electrons. The molecule has 14 nitrogen and oxygen atoms in total. The van der Waals surface area contributed by atoms with Crippen molar-refractivity contribution in [2.24, 2.45) is 0 Å². The Balaban J connectivity index is 0.000000194. The van der Waals surface area contributed by atoms with Gasteiger partial charge in [-0.2, -0.15) is 0 Å². The van der Waals surface area contributed by atoms with Crippen LogP contribution in [0.3, 0.4) is 0 Å². The summed E-state index contributed by atoms with van der Waals surface area (Å²) in [6.45, 7) is 12.8. The molecule has 2 aliphatic heterocycles. The van der Waals surface area contributed by atoms with Crippen molar-refractivity contribution in [2.45, 2.75) is 184 Å². The van der Waals surface area contributed by atoms with Crippen LogP contribution in [0.5, 0.6) is 0 Å². The van der Waals surface area contributed by atoms with E-state index in [1.807, 2.05) is 41.5 Å². The van der Waals surface area contributed by atoms with E-state index >= 15 is 0 Å². The number of fused-ring (bicyclic) bond motifs is 2. The summed E-state index contributed by atoms with van der Waals surface area (Å²) in [4.78, 5) is 35.8. The highest BCUT2D eigenvalue weighted by molar-refractivity contribution is 5.70. The fourth-order valence-corrected chi connectivity index (χ4v) is 7.61. The van der Waals surface area contributed by atoms with Crippen molar-refractivity contribution in [2.75, 3.05) is 13.2 Å². The maximum atomic E-state index is 12.2. The molecule has 2 heterocycles. The number of ether oxygens (including phenoxy) is 8. The first-order valence-electron chi connectivity index (χ1n) is 17.6. The first-order chi connectivity index (χ1) is 22.5. The molecule has 0 unspecified atom stereocenters. The average molecular weight is 685 g/mol. The van der Waals surface area contributed by atoms with E-state index in [4.69, 9.17) is 37.9 Å². The summed E-state index contributed by atoms with van der Waals surface area (Å²) in [5, 5.41) is 15.9. The lowest BCUT2D eigenvalue weighted by molar-refractivity contribution is -0.190. The average Bonchev–Trinajstić information content (AvgIpc) is 3.81. The number of hydrogen-bond donors (Lipinski definition) is 3. The molecular weight excluding hydrogens is 628 g/mol. The monoisotopic (exact) mass is 684 g/mol. The van der Waals surface area contributed by atoms with E-state index in [2.05, 4.69) is 10.6 Å². The van der Waals surface area contributed by atoms with Gasteiger partial charge in [0.25, 0.3) is 0 Å². The largest absolute Gasteiger partial charge is 0.464 e. The quantitative estimate of drug-likeness (QED) is 0.272. The van der Waals surface area contributed by atoms with E-state index in [1.165, 1.54) is 0 Å². The van der Waals surface area contributed by atoms with Crippen LogP contribution in [-0.4, -0.2) is 108 Å². The zero-order valence-corrected chi connectivity index (χ0v) is 29.5. The summed E-state index contributed by atoms with van der Waals surface area (Å²) >= 11 is 0. The van der Waals surface area contributed by atoms with Gasteiger partial charge in [0.15, 0.2) is 11.6 Å². The molecule has 2 saturated heterocycles. The van der Waals surface area contributed by atoms with Gasteiger partial charge in [0, 0.05) is 25.7 Å². The van der Waals surface area contributed by atoms with Crippen LogP contribution in [0.1, 0.15) is 113 Å². The van der Waals surface area contributed by atoms with E-state index in [1.54, 1.807) is 6.92 Å². The van der Waals surface area contributed by atoms with Crippen molar-refractivity contribution in [1.29, 1.82) is 0 Å². The second kappa shape index (κ2) is 14.6. The Morgan fingerprint density at radius 2 is 1.15 bits per heavy atom. The molecule has 6 aliphatic rings. The topological polar surface area (TPSA) is 169 Å². The standard InChI is InChI=1S/C19H31NO7.C15H25NO5/c1-5-23-14(21)11-24-13-10-12(20-17(22)27-18(2,3)4)15-16(13)26-19(25-15)8-6-7-9-19;1-14(2,3)21-13(18)16-9-8-10(17)12-11(9)19-15(20-12)6-4-5-7-15/h12-13,15-16H,5-11H2,1-4H3,(H,20,22);9-12,17H,4-8H2,1-3H3,(H,16,18)/t12-,13+,15+,16-;9-,10+,11+,12-/m11/s1. The van der Waals surface area contributed by atoms with Gasteiger partial charge in [0.05, 0.1) is 30.9 Å². The summed E-state index contributed by atoms with van der Waals surface area (Å²) in [5.74, 6) is -1.54. The summed E-state index contributed by atoms with van der Waals surface area (Å²) in [6, 6.07) is -0.558. The second-order valence-electron chi connectivity index (χ2n) is 15.8. The lowest BCUT2D eigenvalue weighted by Gasteiger charge is -2.27. The lowest BCUT2D eigenvalue weighted by atomic mass is 10.2. The van der Waals surface area contributed by atoms with Crippen molar-refractivity contribution >= 4 is 18.2 Å². The molecule has 4 saturated carbocycles. The molecule has 48 heavy (non-hydrogen) atoms. The summed E-state index contributed by atoms with van der Waals surface area (Å²) in [6.07, 6.45) is 5.42. The number of amides is 2. The fraction of sp³-hybridized carbons (Fsp3) is 0.912. The number of aliphatic hydroxyl groups excluding tert-OH is 1. The number of carbonyl (C=O) groups is 3. The van der Waals surface area contributed by atoms with Crippen LogP contribution in [0.25, 0.3) is 0 Å². The first-order valence-corrected chi connectivity index (χ1v) is 17.6. The first kappa shape index (κ1) is 37.0. The van der Waals surface area contributed by atoms with Crippen molar-refractivity contribution in [3.8, 4) is 0 Å². The van der Waals surface area contributed by atoms with E-state index in [-0.39, 0.29) is 49.2 Å². The van der Waals surface area contributed by atoms with Gasteiger partial charge in [-0.3, -0.25) is 0 Å². The smallest absolute Gasteiger partial charge is 0.407 e. The van der Waals surface area contributed by atoms with Crippen molar-refractivity contribution in [3.63, 3.8) is 0 Å². The Bertz CT molecular complexity index is 1140. The summed E-state index contributed by atoms with van der Waals surface area (Å²) < 4.78 is 46.0. The van der Waals surface area contributed by atoms with E-state index in [0.29, 0.717) is 19.4 Å². The predicted octanol–water partition coefficient (Wildman–Crippen LogP) is 3.98. The van der Waals surface area contributed by atoms with Crippen LogP contribution < -0.4 is 10.6 Å². The molecule has 3 N–H and O–H groups in total. The minimum Gasteiger partial charge on any atom is -0.464 e. The molecule has 0 aromatic heterocycles. The van der Waals surface area contributed by atoms with Gasteiger partial charge in [-0.25, -0.2) is 14.4 Å². The van der Waals surface area contributed by atoms with Gasteiger partial charge in [-0.1, -0.05) is 0 Å². The molecule has 2 amide bonds. The molecule has 6 fully saturated rings. The highest BCUT2D eigenvalue weighted by Crippen LogP contribution is 2.48. The highest BCUT2D eigenvalue weighted by Gasteiger charge is 2.59. The maximum absolute atomic E-state index is 12.2. The zero-order valence-electron chi connectivity index (χ0n) is 29.5. The molecule has 6 rings (SSSR count). The molecule has 274 valence electrons. The normalized spacial score (nSPS) is 34.3. The Labute approximate surface area is 283 Å². The van der Waals surface area contributed by atoms with Crippen LogP contribution in [0, 0.1) is 0 Å². The van der Waals surface area contributed by atoms with Crippen molar-refractivity contribution in [3.05, 3.63) is 0 Å². The molecule has 14 heteroatoms. The molecule has 4 aliphatic carbocycles. The van der Waals surface area contributed by atoms with Gasteiger partial charge in [-0.05, 0) is 87.0 Å². The SMILES string of the molecule is CC(C)(C)OC(=O)N[C@@H]1C[C@H](O)[C@H]2OC3(CCCC3)O[C@H]21.CCOC(=O)CO[C@H]1C[C@@H](NC(=O)OC(C)(C)C)[C@@H]2OC3(CCCC3)O[C@@H]21. The molecule has 0 aromatic carbocycles. The van der Waals surface area contributed by atoms with Crippen LogP contribution in [-0.2, 0) is 42.7 Å². The van der Waals surface area contributed by atoms with E-state index < -0.39 is 47.0 Å². The fourth-order valence-electron chi connectivity index (χ4n) is 7.61. The highest BCUT2D eigenvalue weighted by atomic mass is 16.8. The maximum Gasteiger partial charge on any atom is 0.407 e. The Kier molecular flexibility index (Phi) is 11.2. The number of rotatable bonds is 6. The van der Waals surface area contributed by atoms with Gasteiger partial charge in [0.2, 0.25) is 0 Å². The Morgan fingerprint density at radius 1 is 0.708 bits per heavy atom. The number of nitrogens with one attached hydrogen (secondary N) is 2. The second-order valence-corrected chi connectivity index (χ2v) is 15.8. The van der Waals surface area contributed by atoms with Gasteiger partial charge >= 0.3 is 18.2 Å². The third-order valence-corrected chi connectivity index (χ3v) is 9.43. The Hall–Kier alpha value is -2.23. The van der Waals surface area contributed by atoms with Crippen LogP contribution in [0.2, 0.25) is 0 Å². The number of esters is 1. The predicted molar refractivity (Wildman–Crippen MR) is 170 cm³/mol. The number of carbonyl (C=O) groups excluding carboxylic acids is 3. The van der Waals surface area contributed by atoms with Gasteiger partial charge in [0.1, 0.15) is 42.2 Å². The Morgan fingerprint density at radius 3 is 1.62 bits per heavy atom. The summed E-state index contributed by atoms with van der Waals surface area (Å²) in [5.41, 5.74) is -1.12. The van der Waals surface area contributed by atoms with E-state index in [0.717, 1.165) is 51.4 Å². The number of aliphatic hydroxyl groups is 1. The molecule has 0 aromatic rings. The van der Waals surface area contributed by atoms with Gasteiger partial charge < -0.3 is 53.6 Å². The molecular formula is C34H56N2O12. The lowest BCUT2D eigenvalue weighted by Crippen LogP contribution is -2.45. The van der Waals surface area contributed by atoms with Crippen molar-refractivity contribution in [1.82, 2.24) is 10.6 Å². The van der Waals surface area contributed by atoms with Crippen LogP contribution in [0.15, 0.2) is 0 Å². The molecule has 0 bridgehead atoms. The van der Waals surface area contributed by atoms with E-state index in [9.17, 15) is 19.5 Å². The van der Waals surface area contributed by atoms with Gasteiger partial charge in [-0.15, -0.1) is 0 Å². The minimum absolute atomic E-state index is 0.142. The molecule has 8 atom stereocenters. The summed E-state index contributed by atoms with van der Waals surface area (Å²) in [7, 11) is 0.